The summed E-state index contributed by atoms with van der Waals surface area (Å²) in [7, 11) is 2.91. The minimum atomic E-state index is -1.12. The van der Waals surface area contributed by atoms with Crippen molar-refractivity contribution in [2.24, 2.45) is 0 Å². The highest BCUT2D eigenvalue weighted by molar-refractivity contribution is 5.93. The first-order valence-electron chi connectivity index (χ1n) is 5.57. The summed E-state index contributed by atoms with van der Waals surface area (Å²) in [4.78, 5) is 13.0. The van der Waals surface area contributed by atoms with Crippen LogP contribution < -0.4 is 9.64 Å². The molecule has 100 valence electrons. The summed E-state index contributed by atoms with van der Waals surface area (Å²) in [6.45, 7) is 3.06. The Morgan fingerprint density at radius 1 is 1.50 bits per heavy atom. The molecule has 0 fully saturated rings. The molecule has 1 aromatic carbocycles. The van der Waals surface area contributed by atoms with Crippen molar-refractivity contribution in [3.8, 4) is 5.75 Å². The van der Waals surface area contributed by atoms with Crippen LogP contribution in [0.5, 0.6) is 5.75 Å². The van der Waals surface area contributed by atoms with Gasteiger partial charge in [0.05, 0.1) is 24.8 Å². The van der Waals surface area contributed by atoms with Gasteiger partial charge in [0.2, 0.25) is 5.91 Å². The van der Waals surface area contributed by atoms with Gasteiger partial charge in [0.25, 0.3) is 0 Å². The predicted molar refractivity (Wildman–Crippen MR) is 67.3 cm³/mol. The van der Waals surface area contributed by atoms with Crippen LogP contribution in [0, 0.1) is 5.82 Å². The first-order valence-corrected chi connectivity index (χ1v) is 5.57. The number of hydrogen-bond acceptors (Lipinski definition) is 3. The smallest absolute Gasteiger partial charge is 0.229 e. The molecule has 1 aromatic rings. The second kappa shape index (κ2) is 5.35. The summed E-state index contributed by atoms with van der Waals surface area (Å²) < 4.78 is 18.6. The number of hydrogen-bond donors (Lipinski definition) is 1. The lowest BCUT2D eigenvalue weighted by molar-refractivity contribution is -0.122. The molecule has 0 aliphatic heterocycles. The van der Waals surface area contributed by atoms with E-state index >= 15 is 0 Å². The van der Waals surface area contributed by atoms with Gasteiger partial charge in [0, 0.05) is 13.1 Å². The average molecular weight is 255 g/mol. The SMILES string of the molecule is COc1ccc(N(C)C(=O)CC(C)(C)O)c(F)c1. The third-order valence-corrected chi connectivity index (χ3v) is 2.47. The molecule has 4 nitrogen and oxygen atoms in total. The van der Waals surface area contributed by atoms with E-state index < -0.39 is 11.4 Å². The minimum absolute atomic E-state index is 0.0744. The molecule has 5 heteroatoms. The van der Waals surface area contributed by atoms with Crippen LogP contribution in [0.1, 0.15) is 20.3 Å². The van der Waals surface area contributed by atoms with Gasteiger partial charge in [0.15, 0.2) is 5.82 Å². The quantitative estimate of drug-likeness (QED) is 0.894. The summed E-state index contributed by atoms with van der Waals surface area (Å²) in [5.74, 6) is -0.507. The molecular formula is C13H18FNO3. The van der Waals surface area contributed by atoms with E-state index in [1.165, 1.54) is 45.0 Å². The maximum atomic E-state index is 13.7. The van der Waals surface area contributed by atoms with Crippen molar-refractivity contribution in [1.29, 1.82) is 0 Å². The highest BCUT2D eigenvalue weighted by atomic mass is 19.1. The Labute approximate surface area is 106 Å². The maximum Gasteiger partial charge on any atom is 0.229 e. The molecule has 1 rings (SSSR count). The van der Waals surface area contributed by atoms with Crippen molar-refractivity contribution in [3.63, 3.8) is 0 Å². The number of methoxy groups -OCH3 is 1. The normalized spacial score (nSPS) is 11.2. The molecule has 0 radical (unpaired) electrons. The molecule has 0 atom stereocenters. The largest absolute Gasteiger partial charge is 0.497 e. The molecule has 0 aromatic heterocycles. The number of carbonyl (C=O) groups excluding carboxylic acids is 1. The van der Waals surface area contributed by atoms with Gasteiger partial charge in [-0.2, -0.15) is 0 Å². The van der Waals surface area contributed by atoms with Gasteiger partial charge in [-0.25, -0.2) is 4.39 Å². The molecule has 0 aliphatic carbocycles. The van der Waals surface area contributed by atoms with Crippen molar-refractivity contribution in [3.05, 3.63) is 24.0 Å². The number of halogens is 1. The standard InChI is InChI=1S/C13H18FNO3/c1-13(2,17)8-12(16)15(3)11-6-5-9(18-4)7-10(11)14/h5-7,17H,8H2,1-4H3. The molecule has 0 spiro atoms. The van der Waals surface area contributed by atoms with E-state index in [0.717, 1.165) is 0 Å². The van der Waals surface area contributed by atoms with Crippen LogP contribution in [0.15, 0.2) is 18.2 Å². The molecule has 0 saturated carbocycles. The van der Waals surface area contributed by atoms with Crippen LogP contribution in [0.4, 0.5) is 10.1 Å². The van der Waals surface area contributed by atoms with Crippen molar-refractivity contribution in [2.45, 2.75) is 25.9 Å². The number of ether oxygens (including phenoxy) is 1. The molecule has 0 saturated heterocycles. The zero-order valence-corrected chi connectivity index (χ0v) is 11.0. The number of rotatable bonds is 4. The lowest BCUT2D eigenvalue weighted by Gasteiger charge is -2.23. The molecule has 0 aliphatic rings. The number of amides is 1. The molecule has 1 amide bonds. The summed E-state index contributed by atoms with van der Waals surface area (Å²) in [5, 5.41) is 9.57. The average Bonchev–Trinajstić information content (AvgIpc) is 2.25. The number of nitrogens with zero attached hydrogens (tertiary/aromatic N) is 1. The van der Waals surface area contributed by atoms with Crippen molar-refractivity contribution >= 4 is 11.6 Å². The number of anilines is 1. The van der Waals surface area contributed by atoms with E-state index in [2.05, 4.69) is 0 Å². The third kappa shape index (κ3) is 3.70. The van der Waals surface area contributed by atoms with Crippen LogP contribution in [-0.2, 0) is 4.79 Å². The highest BCUT2D eigenvalue weighted by Gasteiger charge is 2.23. The van der Waals surface area contributed by atoms with Crippen LogP contribution in [0.3, 0.4) is 0 Å². The van der Waals surface area contributed by atoms with Gasteiger partial charge in [0.1, 0.15) is 5.75 Å². The lowest BCUT2D eigenvalue weighted by atomic mass is 10.0. The van der Waals surface area contributed by atoms with Crippen LogP contribution in [-0.4, -0.2) is 30.8 Å². The number of benzene rings is 1. The Kier molecular flexibility index (Phi) is 4.29. The Morgan fingerprint density at radius 3 is 2.56 bits per heavy atom. The van der Waals surface area contributed by atoms with Gasteiger partial charge in [-0.1, -0.05) is 0 Å². The summed E-state index contributed by atoms with van der Waals surface area (Å²) in [5.41, 5.74) is -0.959. The highest BCUT2D eigenvalue weighted by Crippen LogP contribution is 2.24. The molecule has 18 heavy (non-hydrogen) atoms. The second-order valence-corrected chi connectivity index (χ2v) is 4.76. The number of aliphatic hydroxyl groups is 1. The van der Waals surface area contributed by atoms with Gasteiger partial charge in [-0.3, -0.25) is 4.79 Å². The topological polar surface area (TPSA) is 49.8 Å². The van der Waals surface area contributed by atoms with E-state index in [1.54, 1.807) is 6.07 Å². The molecular weight excluding hydrogens is 237 g/mol. The fraction of sp³-hybridized carbons (Fsp3) is 0.462. The predicted octanol–water partition coefficient (Wildman–Crippen LogP) is 1.96. The third-order valence-electron chi connectivity index (χ3n) is 2.47. The lowest BCUT2D eigenvalue weighted by Crippen LogP contribution is -2.34. The van der Waals surface area contributed by atoms with Gasteiger partial charge >= 0.3 is 0 Å². The summed E-state index contributed by atoms with van der Waals surface area (Å²) in [6, 6.07) is 4.26. The zero-order valence-electron chi connectivity index (χ0n) is 11.0. The maximum absolute atomic E-state index is 13.7. The first kappa shape index (κ1) is 14.4. The van der Waals surface area contributed by atoms with Gasteiger partial charge in [-0.15, -0.1) is 0 Å². The van der Waals surface area contributed by atoms with Crippen molar-refractivity contribution < 1.29 is 19.0 Å². The van der Waals surface area contributed by atoms with E-state index in [1.807, 2.05) is 0 Å². The second-order valence-electron chi connectivity index (χ2n) is 4.76. The fourth-order valence-corrected chi connectivity index (χ4v) is 1.51. The van der Waals surface area contributed by atoms with Crippen LogP contribution >= 0.6 is 0 Å². The van der Waals surface area contributed by atoms with Crippen molar-refractivity contribution in [2.75, 3.05) is 19.1 Å². The summed E-state index contributed by atoms with van der Waals surface area (Å²) >= 11 is 0. The Balaban J connectivity index is 2.90. The summed E-state index contributed by atoms with van der Waals surface area (Å²) in [6.07, 6.45) is -0.0744. The van der Waals surface area contributed by atoms with E-state index in [4.69, 9.17) is 4.74 Å². The van der Waals surface area contributed by atoms with Gasteiger partial charge < -0.3 is 14.7 Å². The molecule has 0 unspecified atom stereocenters. The minimum Gasteiger partial charge on any atom is -0.497 e. The Hall–Kier alpha value is -1.62. The molecule has 0 bridgehead atoms. The van der Waals surface area contributed by atoms with Crippen LogP contribution in [0.25, 0.3) is 0 Å². The van der Waals surface area contributed by atoms with E-state index in [0.29, 0.717) is 5.75 Å². The Morgan fingerprint density at radius 2 is 2.11 bits per heavy atom. The number of carbonyl (C=O) groups is 1. The van der Waals surface area contributed by atoms with Crippen molar-refractivity contribution in [1.82, 2.24) is 0 Å². The molecule has 0 heterocycles. The zero-order chi connectivity index (χ0) is 13.9. The van der Waals surface area contributed by atoms with E-state index in [9.17, 15) is 14.3 Å². The van der Waals surface area contributed by atoms with E-state index in [-0.39, 0.29) is 18.0 Å². The fourth-order valence-electron chi connectivity index (χ4n) is 1.51. The Bertz CT molecular complexity index is 440. The first-order chi connectivity index (χ1) is 8.24. The van der Waals surface area contributed by atoms with Crippen LogP contribution in [0.2, 0.25) is 0 Å². The molecule has 1 N–H and O–H groups in total. The van der Waals surface area contributed by atoms with Gasteiger partial charge in [-0.05, 0) is 26.0 Å². The monoisotopic (exact) mass is 255 g/mol.